The number of amides is 1. The van der Waals surface area contributed by atoms with Crippen molar-refractivity contribution in [3.8, 4) is 5.75 Å². The van der Waals surface area contributed by atoms with Gasteiger partial charge in [-0.1, -0.05) is 24.3 Å². The Labute approximate surface area is 128 Å². The standard InChI is InChI=1S/C16H18N2O2S/c1-21-15-9-5-2-6-12(15)16(19)18-10-11-20-14-8-4-3-7-13(14)17/h2-9H,10-11,17H2,1H3,(H,18,19). The highest BCUT2D eigenvalue weighted by atomic mass is 32.2. The molecule has 3 N–H and O–H groups in total. The van der Waals surface area contributed by atoms with Crippen molar-refractivity contribution in [3.05, 3.63) is 54.1 Å². The molecule has 2 aromatic rings. The van der Waals surface area contributed by atoms with E-state index in [1.165, 1.54) is 0 Å². The van der Waals surface area contributed by atoms with Crippen molar-refractivity contribution in [2.45, 2.75) is 4.90 Å². The van der Waals surface area contributed by atoms with Gasteiger partial charge in [-0.05, 0) is 30.5 Å². The van der Waals surface area contributed by atoms with Gasteiger partial charge < -0.3 is 15.8 Å². The number of nitrogens with one attached hydrogen (secondary N) is 1. The second-order valence-corrected chi connectivity index (χ2v) is 5.19. The predicted molar refractivity (Wildman–Crippen MR) is 86.9 cm³/mol. The monoisotopic (exact) mass is 302 g/mol. The van der Waals surface area contributed by atoms with Crippen molar-refractivity contribution in [2.75, 3.05) is 25.1 Å². The second kappa shape index (κ2) is 7.59. The van der Waals surface area contributed by atoms with Crippen LogP contribution in [0.2, 0.25) is 0 Å². The van der Waals surface area contributed by atoms with Crippen LogP contribution in [-0.2, 0) is 0 Å². The van der Waals surface area contributed by atoms with Crippen LogP contribution in [-0.4, -0.2) is 25.3 Å². The summed E-state index contributed by atoms with van der Waals surface area (Å²) in [6.07, 6.45) is 1.95. The van der Waals surface area contributed by atoms with Crippen molar-refractivity contribution < 1.29 is 9.53 Å². The highest BCUT2D eigenvalue weighted by Crippen LogP contribution is 2.20. The molecule has 2 rings (SSSR count). The van der Waals surface area contributed by atoms with E-state index >= 15 is 0 Å². The number of anilines is 1. The number of carbonyl (C=O) groups is 1. The Morgan fingerprint density at radius 1 is 1.19 bits per heavy atom. The summed E-state index contributed by atoms with van der Waals surface area (Å²) in [5.74, 6) is 0.542. The van der Waals surface area contributed by atoms with E-state index in [1.54, 1.807) is 23.9 Å². The van der Waals surface area contributed by atoms with E-state index in [2.05, 4.69) is 5.32 Å². The van der Waals surface area contributed by atoms with Crippen LogP contribution in [0.5, 0.6) is 5.75 Å². The Morgan fingerprint density at radius 2 is 1.90 bits per heavy atom. The van der Waals surface area contributed by atoms with E-state index in [-0.39, 0.29) is 5.91 Å². The molecule has 0 saturated carbocycles. The molecule has 1 amide bonds. The predicted octanol–water partition coefficient (Wildman–Crippen LogP) is 2.80. The number of carbonyl (C=O) groups excluding carboxylic acids is 1. The van der Waals surface area contributed by atoms with Gasteiger partial charge in [0, 0.05) is 4.90 Å². The Hall–Kier alpha value is -2.14. The van der Waals surface area contributed by atoms with Gasteiger partial charge in [-0.2, -0.15) is 0 Å². The minimum atomic E-state index is -0.0930. The number of hydrogen-bond acceptors (Lipinski definition) is 4. The van der Waals surface area contributed by atoms with Crippen molar-refractivity contribution in [1.82, 2.24) is 5.32 Å². The number of hydrogen-bond donors (Lipinski definition) is 2. The average molecular weight is 302 g/mol. The molecule has 0 aliphatic heterocycles. The van der Waals surface area contributed by atoms with Gasteiger partial charge in [-0.3, -0.25) is 4.79 Å². The third kappa shape index (κ3) is 4.16. The Morgan fingerprint density at radius 3 is 2.67 bits per heavy atom. The zero-order valence-electron chi connectivity index (χ0n) is 11.8. The summed E-state index contributed by atoms with van der Waals surface area (Å²) in [5, 5.41) is 2.85. The topological polar surface area (TPSA) is 64.3 Å². The molecule has 4 nitrogen and oxygen atoms in total. The molecule has 2 aromatic carbocycles. The molecular weight excluding hydrogens is 284 g/mol. The van der Waals surface area contributed by atoms with Crippen LogP contribution >= 0.6 is 11.8 Å². The van der Waals surface area contributed by atoms with Gasteiger partial charge in [0.05, 0.1) is 17.8 Å². The molecule has 0 radical (unpaired) electrons. The summed E-state index contributed by atoms with van der Waals surface area (Å²) in [7, 11) is 0. The molecule has 21 heavy (non-hydrogen) atoms. The third-order valence-corrected chi connectivity index (χ3v) is 3.71. The van der Waals surface area contributed by atoms with Crippen LogP contribution in [0.4, 0.5) is 5.69 Å². The van der Waals surface area contributed by atoms with E-state index in [0.29, 0.717) is 30.2 Å². The van der Waals surface area contributed by atoms with E-state index in [1.807, 2.05) is 42.7 Å². The number of para-hydroxylation sites is 2. The summed E-state index contributed by atoms with van der Waals surface area (Å²) in [6, 6.07) is 14.8. The quantitative estimate of drug-likeness (QED) is 0.489. The van der Waals surface area contributed by atoms with Gasteiger partial charge in [0.25, 0.3) is 5.91 Å². The molecule has 5 heteroatoms. The van der Waals surface area contributed by atoms with Gasteiger partial charge in [0.1, 0.15) is 12.4 Å². The van der Waals surface area contributed by atoms with Crippen molar-refractivity contribution in [3.63, 3.8) is 0 Å². The number of nitrogens with two attached hydrogens (primary N) is 1. The van der Waals surface area contributed by atoms with Crippen molar-refractivity contribution >= 4 is 23.4 Å². The van der Waals surface area contributed by atoms with Crippen molar-refractivity contribution in [1.29, 1.82) is 0 Å². The highest BCUT2D eigenvalue weighted by molar-refractivity contribution is 7.98. The molecule has 0 saturated heterocycles. The fraction of sp³-hybridized carbons (Fsp3) is 0.188. The average Bonchev–Trinajstić information content (AvgIpc) is 2.52. The van der Waals surface area contributed by atoms with Crippen LogP contribution < -0.4 is 15.8 Å². The molecule has 0 spiro atoms. The van der Waals surface area contributed by atoms with Crippen LogP contribution in [0.15, 0.2) is 53.4 Å². The van der Waals surface area contributed by atoms with Gasteiger partial charge in [0.15, 0.2) is 0 Å². The SMILES string of the molecule is CSc1ccccc1C(=O)NCCOc1ccccc1N. The largest absolute Gasteiger partial charge is 0.490 e. The van der Waals surface area contributed by atoms with Gasteiger partial charge in [-0.25, -0.2) is 0 Å². The molecule has 0 atom stereocenters. The smallest absolute Gasteiger partial charge is 0.252 e. The lowest BCUT2D eigenvalue weighted by atomic mass is 10.2. The summed E-state index contributed by atoms with van der Waals surface area (Å²) in [5.41, 5.74) is 7.05. The highest BCUT2D eigenvalue weighted by Gasteiger charge is 2.09. The molecule has 0 aliphatic carbocycles. The third-order valence-electron chi connectivity index (χ3n) is 2.92. The lowest BCUT2D eigenvalue weighted by molar-refractivity contribution is 0.0944. The first kappa shape index (κ1) is 15.3. The summed E-state index contributed by atoms with van der Waals surface area (Å²) in [6.45, 7) is 0.803. The zero-order valence-corrected chi connectivity index (χ0v) is 12.7. The molecule has 0 heterocycles. The first-order valence-corrected chi connectivity index (χ1v) is 7.83. The Balaban J connectivity index is 1.83. The number of thioether (sulfide) groups is 1. The maximum absolute atomic E-state index is 12.1. The minimum absolute atomic E-state index is 0.0930. The van der Waals surface area contributed by atoms with Crippen LogP contribution in [0.25, 0.3) is 0 Å². The first-order chi connectivity index (χ1) is 10.2. The van der Waals surface area contributed by atoms with Crippen LogP contribution in [0, 0.1) is 0 Å². The lowest BCUT2D eigenvalue weighted by Crippen LogP contribution is -2.28. The number of rotatable bonds is 6. The van der Waals surface area contributed by atoms with Gasteiger partial charge in [-0.15, -0.1) is 11.8 Å². The maximum atomic E-state index is 12.1. The molecule has 0 fully saturated rings. The van der Waals surface area contributed by atoms with E-state index in [0.717, 1.165) is 4.90 Å². The molecule has 0 aromatic heterocycles. The van der Waals surface area contributed by atoms with Crippen molar-refractivity contribution in [2.24, 2.45) is 0 Å². The molecule has 0 unspecified atom stereocenters. The molecule has 0 aliphatic rings. The lowest BCUT2D eigenvalue weighted by Gasteiger charge is -2.10. The zero-order chi connectivity index (χ0) is 15.1. The minimum Gasteiger partial charge on any atom is -0.490 e. The molecule has 0 bridgehead atoms. The molecular formula is C16H18N2O2S. The van der Waals surface area contributed by atoms with Crippen LogP contribution in [0.1, 0.15) is 10.4 Å². The normalized spacial score (nSPS) is 10.1. The van der Waals surface area contributed by atoms with E-state index < -0.39 is 0 Å². The number of benzene rings is 2. The fourth-order valence-corrected chi connectivity index (χ4v) is 2.46. The Bertz CT molecular complexity index is 617. The van der Waals surface area contributed by atoms with E-state index in [4.69, 9.17) is 10.5 Å². The fourth-order valence-electron chi connectivity index (χ4n) is 1.86. The number of ether oxygens (including phenoxy) is 1. The van der Waals surface area contributed by atoms with Gasteiger partial charge >= 0.3 is 0 Å². The van der Waals surface area contributed by atoms with Crippen LogP contribution in [0.3, 0.4) is 0 Å². The van der Waals surface area contributed by atoms with Gasteiger partial charge in [0.2, 0.25) is 0 Å². The Kier molecular flexibility index (Phi) is 5.51. The first-order valence-electron chi connectivity index (χ1n) is 6.61. The maximum Gasteiger partial charge on any atom is 0.252 e. The van der Waals surface area contributed by atoms with E-state index in [9.17, 15) is 4.79 Å². The molecule has 110 valence electrons. The second-order valence-electron chi connectivity index (χ2n) is 4.34. The number of nitrogen functional groups attached to an aromatic ring is 1. The summed E-state index contributed by atoms with van der Waals surface area (Å²) in [4.78, 5) is 13.1. The summed E-state index contributed by atoms with van der Waals surface area (Å²) < 4.78 is 5.53. The summed E-state index contributed by atoms with van der Waals surface area (Å²) >= 11 is 1.55.